The highest BCUT2D eigenvalue weighted by molar-refractivity contribution is 7.80. The molecule has 0 spiro atoms. The highest BCUT2D eigenvalue weighted by Crippen LogP contribution is 2.26. The lowest BCUT2D eigenvalue weighted by molar-refractivity contribution is -0.140. The smallest absolute Gasteiger partial charge is 0.408 e. The molecule has 3 amide bonds. The fourth-order valence-corrected chi connectivity index (χ4v) is 4.26. The molecule has 8 nitrogen and oxygen atoms in total. The average molecular weight is 558 g/mol. The number of ether oxygens (including phenoxy) is 2. The van der Waals surface area contributed by atoms with Crippen LogP contribution >= 0.6 is 12.6 Å². The summed E-state index contributed by atoms with van der Waals surface area (Å²) in [6.45, 7) is 9.67. The van der Waals surface area contributed by atoms with Gasteiger partial charge in [0, 0.05) is 18.0 Å². The molecule has 39 heavy (non-hydrogen) atoms. The number of hydrogen-bond donors (Lipinski definition) is 3. The van der Waals surface area contributed by atoms with Gasteiger partial charge >= 0.3 is 6.09 Å². The molecule has 0 aliphatic rings. The number of unbranched alkanes of at least 4 members (excludes halogenated alkanes) is 3. The molecule has 0 aromatic heterocycles. The molecule has 0 saturated carbocycles. The van der Waals surface area contributed by atoms with E-state index >= 15 is 0 Å². The SMILES string of the molecule is CCCCCCN(C(=O)C(CS)NC(=O)OC(C)(C)C)C(C(=O)Nc1ccc(OC)cc1)c1ccc(C)cc1. The average Bonchev–Trinajstić information content (AvgIpc) is 2.89. The predicted molar refractivity (Wildman–Crippen MR) is 158 cm³/mol. The lowest BCUT2D eigenvalue weighted by Gasteiger charge is -2.34. The maximum absolute atomic E-state index is 14.0. The fraction of sp³-hybridized carbons (Fsp3) is 0.500. The van der Waals surface area contributed by atoms with Crippen LogP contribution in [0.15, 0.2) is 48.5 Å². The van der Waals surface area contributed by atoms with Crippen LogP contribution in [-0.4, -0.2) is 53.9 Å². The van der Waals surface area contributed by atoms with Gasteiger partial charge < -0.3 is 25.0 Å². The Balaban J connectivity index is 2.45. The summed E-state index contributed by atoms with van der Waals surface area (Å²) in [7, 11) is 1.58. The minimum absolute atomic E-state index is 0.0459. The molecule has 2 unspecified atom stereocenters. The highest BCUT2D eigenvalue weighted by Gasteiger charge is 2.35. The molecule has 0 fully saturated rings. The summed E-state index contributed by atoms with van der Waals surface area (Å²) in [6.07, 6.45) is 2.96. The molecule has 0 bridgehead atoms. The number of nitrogens with one attached hydrogen (secondary N) is 2. The number of thiol groups is 1. The number of hydrogen-bond acceptors (Lipinski definition) is 6. The molecule has 214 valence electrons. The van der Waals surface area contributed by atoms with E-state index in [9.17, 15) is 14.4 Å². The summed E-state index contributed by atoms with van der Waals surface area (Å²) >= 11 is 4.35. The molecule has 0 heterocycles. The number of carbonyl (C=O) groups is 3. The second-order valence-corrected chi connectivity index (χ2v) is 10.9. The first-order valence-corrected chi connectivity index (χ1v) is 14.0. The van der Waals surface area contributed by atoms with Gasteiger partial charge in [0.25, 0.3) is 5.91 Å². The Morgan fingerprint density at radius 2 is 1.62 bits per heavy atom. The standard InChI is InChI=1S/C30H43N3O5S/c1-7-8-9-10-19-33(28(35)25(20-39)32-29(36)38-30(3,4)5)26(22-13-11-21(2)12-14-22)27(34)31-23-15-17-24(37-6)18-16-23/h11-18,25-26,39H,7-10,19-20H2,1-6H3,(H,31,34)(H,32,36). The Kier molecular flexibility index (Phi) is 12.6. The Labute approximate surface area is 238 Å². The van der Waals surface area contributed by atoms with Crippen molar-refractivity contribution in [3.63, 3.8) is 0 Å². The van der Waals surface area contributed by atoms with E-state index in [4.69, 9.17) is 9.47 Å². The molecule has 9 heteroatoms. The van der Waals surface area contributed by atoms with E-state index in [-0.39, 0.29) is 11.7 Å². The highest BCUT2D eigenvalue weighted by atomic mass is 32.1. The van der Waals surface area contributed by atoms with E-state index in [2.05, 4.69) is 30.2 Å². The molecule has 0 aliphatic carbocycles. The number of anilines is 1. The third-order valence-electron chi connectivity index (χ3n) is 6.02. The number of methoxy groups -OCH3 is 1. The van der Waals surface area contributed by atoms with Crippen molar-refractivity contribution in [2.45, 2.75) is 78.0 Å². The summed E-state index contributed by atoms with van der Waals surface area (Å²) < 4.78 is 10.6. The van der Waals surface area contributed by atoms with E-state index in [1.54, 1.807) is 57.0 Å². The van der Waals surface area contributed by atoms with E-state index in [0.717, 1.165) is 24.8 Å². The van der Waals surface area contributed by atoms with Crippen LogP contribution in [0.1, 0.15) is 70.5 Å². The zero-order valence-electron chi connectivity index (χ0n) is 24.0. The first kappa shape index (κ1) is 32.0. The maximum atomic E-state index is 14.0. The van der Waals surface area contributed by atoms with Crippen LogP contribution in [0.3, 0.4) is 0 Å². The largest absolute Gasteiger partial charge is 0.497 e. The fourth-order valence-electron chi connectivity index (χ4n) is 4.02. The topological polar surface area (TPSA) is 97.0 Å². The maximum Gasteiger partial charge on any atom is 0.408 e. The zero-order valence-corrected chi connectivity index (χ0v) is 24.8. The molecule has 2 aromatic carbocycles. The van der Waals surface area contributed by atoms with Crippen LogP contribution < -0.4 is 15.4 Å². The third-order valence-corrected chi connectivity index (χ3v) is 6.38. The number of alkyl carbamates (subject to hydrolysis) is 1. The monoisotopic (exact) mass is 557 g/mol. The van der Waals surface area contributed by atoms with E-state index in [1.807, 2.05) is 31.2 Å². The van der Waals surface area contributed by atoms with Crippen LogP contribution in [-0.2, 0) is 14.3 Å². The van der Waals surface area contributed by atoms with Crippen molar-refractivity contribution < 1.29 is 23.9 Å². The van der Waals surface area contributed by atoms with Gasteiger partial charge in [0.2, 0.25) is 5.91 Å². The summed E-state index contributed by atoms with van der Waals surface area (Å²) in [6, 6.07) is 12.6. The van der Waals surface area contributed by atoms with Crippen LogP contribution in [0.4, 0.5) is 10.5 Å². The van der Waals surface area contributed by atoms with Gasteiger partial charge in [-0.3, -0.25) is 9.59 Å². The van der Waals surface area contributed by atoms with Crippen molar-refractivity contribution in [2.75, 3.05) is 24.7 Å². The summed E-state index contributed by atoms with van der Waals surface area (Å²) in [5.41, 5.74) is 1.56. The van der Waals surface area contributed by atoms with Crippen LogP contribution in [0.25, 0.3) is 0 Å². The Morgan fingerprint density at radius 3 is 2.15 bits per heavy atom. The lowest BCUT2D eigenvalue weighted by Crippen LogP contribution is -2.53. The van der Waals surface area contributed by atoms with Crippen LogP contribution in [0.2, 0.25) is 0 Å². The summed E-state index contributed by atoms with van der Waals surface area (Å²) in [5, 5.41) is 5.60. The van der Waals surface area contributed by atoms with Gasteiger partial charge in [-0.1, -0.05) is 56.0 Å². The Hall–Kier alpha value is -3.20. The Morgan fingerprint density at radius 1 is 0.974 bits per heavy atom. The quantitative estimate of drug-likeness (QED) is 0.210. The van der Waals surface area contributed by atoms with Crippen molar-refractivity contribution in [3.8, 4) is 5.75 Å². The van der Waals surface area contributed by atoms with Gasteiger partial charge in [0.05, 0.1) is 7.11 Å². The molecule has 2 N–H and O–H groups in total. The number of amides is 3. The second kappa shape index (κ2) is 15.4. The number of benzene rings is 2. The number of rotatable bonds is 13. The van der Waals surface area contributed by atoms with Crippen LogP contribution in [0.5, 0.6) is 5.75 Å². The molecular formula is C30H43N3O5S. The van der Waals surface area contributed by atoms with E-state index in [0.29, 0.717) is 30.0 Å². The first-order valence-electron chi connectivity index (χ1n) is 13.4. The van der Waals surface area contributed by atoms with E-state index < -0.39 is 29.7 Å². The van der Waals surface area contributed by atoms with Crippen molar-refractivity contribution >= 4 is 36.2 Å². The second-order valence-electron chi connectivity index (χ2n) is 10.5. The lowest BCUT2D eigenvalue weighted by atomic mass is 10.0. The molecule has 0 saturated heterocycles. The van der Waals surface area contributed by atoms with E-state index in [1.165, 1.54) is 0 Å². The van der Waals surface area contributed by atoms with Crippen molar-refractivity contribution in [1.29, 1.82) is 0 Å². The molecular weight excluding hydrogens is 514 g/mol. The number of nitrogens with zero attached hydrogens (tertiary/aromatic N) is 1. The normalized spacial score (nSPS) is 12.7. The van der Waals surface area contributed by atoms with Gasteiger partial charge in [0.1, 0.15) is 23.4 Å². The van der Waals surface area contributed by atoms with Crippen LogP contribution in [0, 0.1) is 6.92 Å². The van der Waals surface area contributed by atoms with Crippen molar-refractivity contribution in [2.24, 2.45) is 0 Å². The summed E-state index contributed by atoms with van der Waals surface area (Å²) in [5.74, 6) is -0.0453. The third kappa shape index (κ3) is 10.5. The minimum atomic E-state index is -0.976. The number of aryl methyl sites for hydroxylation is 1. The minimum Gasteiger partial charge on any atom is -0.497 e. The molecule has 2 atom stereocenters. The number of carbonyl (C=O) groups excluding carboxylic acids is 3. The molecule has 0 radical (unpaired) electrons. The molecule has 2 aromatic rings. The predicted octanol–water partition coefficient (Wildman–Crippen LogP) is 5.92. The van der Waals surface area contributed by atoms with Gasteiger partial charge in [-0.15, -0.1) is 0 Å². The van der Waals surface area contributed by atoms with Crippen molar-refractivity contribution in [1.82, 2.24) is 10.2 Å². The zero-order chi connectivity index (χ0) is 29.0. The molecule has 2 rings (SSSR count). The Bertz CT molecular complexity index is 1070. The van der Waals surface area contributed by atoms with Gasteiger partial charge in [-0.25, -0.2) is 4.79 Å². The van der Waals surface area contributed by atoms with Crippen molar-refractivity contribution in [3.05, 3.63) is 59.7 Å². The first-order chi connectivity index (χ1) is 18.5. The van der Waals surface area contributed by atoms with Gasteiger partial charge in [0.15, 0.2) is 0 Å². The van der Waals surface area contributed by atoms with Gasteiger partial charge in [-0.2, -0.15) is 12.6 Å². The summed E-state index contributed by atoms with van der Waals surface area (Å²) in [4.78, 5) is 41.9. The van der Waals surface area contributed by atoms with Gasteiger partial charge in [-0.05, 0) is 63.9 Å². The molecule has 0 aliphatic heterocycles.